The zero-order valence-corrected chi connectivity index (χ0v) is 16.7. The molecule has 0 aliphatic rings. The summed E-state index contributed by atoms with van der Waals surface area (Å²) in [6.07, 6.45) is 0. The summed E-state index contributed by atoms with van der Waals surface area (Å²) in [5, 5.41) is 9.83. The quantitative estimate of drug-likeness (QED) is 0.556. The minimum Gasteiger partial charge on any atom is -0.355 e. The number of aryl methyl sites for hydroxylation is 1. The van der Waals surface area contributed by atoms with E-state index in [0.29, 0.717) is 14.8 Å². The maximum absolute atomic E-state index is 12.0. The Kier molecular flexibility index (Phi) is 7.15. The highest BCUT2D eigenvalue weighted by Gasteiger charge is 2.16. The van der Waals surface area contributed by atoms with E-state index in [4.69, 9.17) is 12.2 Å². The molecule has 1 aromatic carbocycles. The van der Waals surface area contributed by atoms with Gasteiger partial charge in [-0.25, -0.2) is 4.68 Å². The van der Waals surface area contributed by atoms with Gasteiger partial charge in [-0.3, -0.25) is 9.59 Å². The topological polar surface area (TPSA) is 76.0 Å². The molecule has 2 N–H and O–H groups in total. The van der Waals surface area contributed by atoms with Gasteiger partial charge in [0.15, 0.2) is 8.29 Å². The Hall–Kier alpha value is -1.71. The molecule has 25 heavy (non-hydrogen) atoms. The van der Waals surface area contributed by atoms with Gasteiger partial charge >= 0.3 is 0 Å². The number of para-hydroxylation sites is 1. The molecule has 9 heteroatoms. The number of nitrogens with one attached hydrogen (secondary N) is 2. The number of carbonyl (C=O) groups excluding carboxylic acids is 2. The average molecular weight is 397 g/mol. The molecule has 2 aromatic rings. The summed E-state index contributed by atoms with van der Waals surface area (Å²) in [4.78, 5) is 23.6. The molecule has 6 nitrogen and oxygen atoms in total. The number of likely N-dealkylation sites (N-methyl/N-ethyl adjacent to an activating group) is 1. The van der Waals surface area contributed by atoms with Gasteiger partial charge in [0.05, 0.1) is 11.4 Å². The number of hydrogen-bond acceptors (Lipinski definition) is 6. The zero-order valence-electron chi connectivity index (χ0n) is 14.2. The van der Waals surface area contributed by atoms with Crippen LogP contribution in [0.2, 0.25) is 0 Å². The number of amides is 2. The van der Waals surface area contributed by atoms with Gasteiger partial charge in [-0.1, -0.05) is 41.3 Å². The average Bonchev–Trinajstić information content (AvgIpc) is 2.94. The fourth-order valence-corrected chi connectivity index (χ4v) is 4.23. The monoisotopic (exact) mass is 396 g/mol. The van der Waals surface area contributed by atoms with Crippen LogP contribution in [0, 0.1) is 10.9 Å². The van der Waals surface area contributed by atoms with Crippen LogP contribution in [0.5, 0.6) is 0 Å². The summed E-state index contributed by atoms with van der Waals surface area (Å²) < 4.78 is 3.06. The Morgan fingerprint density at radius 2 is 2.12 bits per heavy atom. The molecule has 0 fully saturated rings. The lowest BCUT2D eigenvalue weighted by atomic mass is 10.2. The number of carbonyl (C=O) groups is 2. The van der Waals surface area contributed by atoms with E-state index in [1.165, 1.54) is 23.1 Å². The Balaban J connectivity index is 1.97. The molecule has 134 valence electrons. The number of rotatable bonds is 7. The van der Waals surface area contributed by atoms with Gasteiger partial charge in [0.25, 0.3) is 0 Å². The van der Waals surface area contributed by atoms with Crippen molar-refractivity contribution in [1.29, 1.82) is 0 Å². The minimum atomic E-state index is -0.559. The molecule has 0 aliphatic heterocycles. The predicted molar refractivity (Wildman–Crippen MR) is 104 cm³/mol. The molecule has 0 saturated carbocycles. The van der Waals surface area contributed by atoms with Crippen molar-refractivity contribution >= 4 is 47.1 Å². The molecule has 0 bridgehead atoms. The van der Waals surface area contributed by atoms with Crippen LogP contribution >= 0.6 is 35.3 Å². The highest BCUT2D eigenvalue weighted by atomic mass is 32.2. The Morgan fingerprint density at radius 3 is 2.80 bits per heavy atom. The van der Waals surface area contributed by atoms with Crippen LogP contribution in [0.3, 0.4) is 0 Å². The molecule has 2 rings (SSSR count). The van der Waals surface area contributed by atoms with Crippen molar-refractivity contribution in [2.45, 2.75) is 31.2 Å². The summed E-state index contributed by atoms with van der Waals surface area (Å²) in [5.74, 6) is -0.229. The van der Waals surface area contributed by atoms with E-state index in [9.17, 15) is 9.59 Å². The molecule has 0 unspecified atom stereocenters. The van der Waals surface area contributed by atoms with Crippen LogP contribution in [0.25, 0.3) is 5.69 Å². The molecule has 0 saturated heterocycles. The smallest absolute Gasteiger partial charge is 0.242 e. The van der Waals surface area contributed by atoms with Crippen molar-refractivity contribution in [3.05, 3.63) is 33.8 Å². The van der Waals surface area contributed by atoms with E-state index in [0.717, 1.165) is 11.3 Å². The molecule has 1 aromatic heterocycles. The third-order valence-electron chi connectivity index (χ3n) is 3.32. The van der Waals surface area contributed by atoms with Gasteiger partial charge in [-0.2, -0.15) is 0 Å². The second-order valence-corrected chi connectivity index (χ2v) is 8.15. The second-order valence-electron chi connectivity index (χ2n) is 5.30. The number of aromatic nitrogens is 2. The molecular weight excluding hydrogens is 376 g/mol. The lowest BCUT2D eigenvalue weighted by Gasteiger charge is -2.12. The fraction of sp³-hybridized carbons (Fsp3) is 0.375. The fourth-order valence-electron chi connectivity index (χ4n) is 2.08. The molecule has 1 heterocycles. The summed E-state index contributed by atoms with van der Waals surface area (Å²) >= 11 is 8.05. The summed E-state index contributed by atoms with van der Waals surface area (Å²) in [6, 6.07) is 7.30. The van der Waals surface area contributed by atoms with Gasteiger partial charge < -0.3 is 10.6 Å². The van der Waals surface area contributed by atoms with Crippen molar-refractivity contribution in [3.63, 3.8) is 0 Å². The largest absolute Gasteiger partial charge is 0.355 e. The van der Waals surface area contributed by atoms with E-state index < -0.39 is 6.04 Å². The van der Waals surface area contributed by atoms with Gasteiger partial charge in [0, 0.05) is 6.54 Å². The highest BCUT2D eigenvalue weighted by Crippen LogP contribution is 2.24. The van der Waals surface area contributed by atoms with Crippen molar-refractivity contribution < 1.29 is 9.59 Å². The molecule has 0 radical (unpaired) electrons. The maximum Gasteiger partial charge on any atom is 0.242 e. The highest BCUT2D eigenvalue weighted by molar-refractivity contribution is 8.01. The van der Waals surface area contributed by atoms with Crippen LogP contribution in [-0.2, 0) is 9.59 Å². The van der Waals surface area contributed by atoms with Gasteiger partial charge in [0.1, 0.15) is 6.04 Å². The van der Waals surface area contributed by atoms with Crippen LogP contribution in [0.15, 0.2) is 28.6 Å². The minimum absolute atomic E-state index is 0.180. The number of hydrogen-bond donors (Lipinski definition) is 2. The third kappa shape index (κ3) is 5.38. The lowest BCUT2D eigenvalue weighted by Crippen LogP contribution is -2.45. The number of benzene rings is 1. The van der Waals surface area contributed by atoms with E-state index in [-0.39, 0.29) is 17.6 Å². The summed E-state index contributed by atoms with van der Waals surface area (Å²) in [7, 11) is 0. The first-order valence-corrected chi connectivity index (χ1v) is 9.99. The van der Waals surface area contributed by atoms with Crippen molar-refractivity contribution in [2.24, 2.45) is 0 Å². The van der Waals surface area contributed by atoms with E-state index in [1.54, 1.807) is 11.6 Å². The first kappa shape index (κ1) is 19.6. The summed E-state index contributed by atoms with van der Waals surface area (Å²) in [5.41, 5.74) is 2.01. The number of thioether (sulfide) groups is 1. The van der Waals surface area contributed by atoms with Crippen LogP contribution in [0.4, 0.5) is 0 Å². The van der Waals surface area contributed by atoms with Crippen LogP contribution < -0.4 is 10.6 Å². The SMILES string of the molecule is CCNC(=O)[C@@H](C)NC(=O)CSc1nn(-c2ccccc2C)c(=S)s1. The molecule has 2 amide bonds. The normalized spacial score (nSPS) is 11.8. The number of nitrogens with zero attached hydrogens (tertiary/aromatic N) is 2. The molecule has 0 spiro atoms. The second kappa shape index (κ2) is 9.12. The Labute approximate surface area is 160 Å². The van der Waals surface area contributed by atoms with Gasteiger partial charge in [-0.05, 0) is 44.6 Å². The zero-order chi connectivity index (χ0) is 18.4. The maximum atomic E-state index is 12.0. The van der Waals surface area contributed by atoms with E-state index in [2.05, 4.69) is 15.7 Å². The molecule has 0 aliphatic carbocycles. The van der Waals surface area contributed by atoms with Crippen LogP contribution in [0.1, 0.15) is 19.4 Å². The first-order chi connectivity index (χ1) is 11.9. The Bertz CT molecular complexity index is 816. The van der Waals surface area contributed by atoms with Crippen molar-refractivity contribution in [1.82, 2.24) is 20.4 Å². The van der Waals surface area contributed by atoms with Gasteiger partial charge in [0.2, 0.25) is 11.8 Å². The molecular formula is C16H20N4O2S3. The van der Waals surface area contributed by atoms with E-state index >= 15 is 0 Å². The summed E-state index contributed by atoms with van der Waals surface area (Å²) in [6.45, 7) is 6.03. The van der Waals surface area contributed by atoms with Crippen LogP contribution in [-0.4, -0.2) is 39.9 Å². The first-order valence-electron chi connectivity index (χ1n) is 7.78. The van der Waals surface area contributed by atoms with Crippen molar-refractivity contribution in [3.8, 4) is 5.69 Å². The van der Waals surface area contributed by atoms with E-state index in [1.807, 2.05) is 38.1 Å². The lowest BCUT2D eigenvalue weighted by molar-refractivity contribution is -0.127. The van der Waals surface area contributed by atoms with Crippen molar-refractivity contribution in [2.75, 3.05) is 12.3 Å². The third-order valence-corrected chi connectivity index (χ3v) is 5.69. The van der Waals surface area contributed by atoms with Gasteiger partial charge in [-0.15, -0.1) is 5.10 Å². The standard InChI is InChI=1S/C16H20N4O2S3/c1-4-17-14(22)11(3)18-13(21)9-24-15-19-20(16(23)25-15)12-8-6-5-7-10(12)2/h5-8,11H,4,9H2,1-3H3,(H,17,22)(H,18,21)/t11-/m1/s1. The Morgan fingerprint density at radius 1 is 1.40 bits per heavy atom. The predicted octanol–water partition coefficient (Wildman–Crippen LogP) is 2.70. The molecule has 1 atom stereocenters.